The third-order valence-corrected chi connectivity index (χ3v) is 3.39. The van der Waals surface area contributed by atoms with Crippen molar-refractivity contribution in [3.8, 4) is 0 Å². The highest BCUT2D eigenvalue weighted by molar-refractivity contribution is 9.10. The van der Waals surface area contributed by atoms with E-state index in [9.17, 15) is 4.79 Å². The van der Waals surface area contributed by atoms with Crippen LogP contribution in [0, 0.1) is 0 Å². The van der Waals surface area contributed by atoms with E-state index in [0.717, 1.165) is 35.3 Å². The van der Waals surface area contributed by atoms with Gasteiger partial charge in [0.15, 0.2) is 5.82 Å². The van der Waals surface area contributed by atoms with Crippen LogP contribution < -0.4 is 4.90 Å². The van der Waals surface area contributed by atoms with Gasteiger partial charge >= 0.3 is 0 Å². The summed E-state index contributed by atoms with van der Waals surface area (Å²) in [7, 11) is 0. The maximum Gasteiger partial charge on any atom is 0.215 e. The molecule has 5 heteroatoms. The normalized spacial score (nSPS) is 15.3. The molecule has 1 aliphatic rings. The number of rotatable bonds is 3. The molecule has 2 aromatic heterocycles. The number of hydrogen-bond acceptors (Lipinski definition) is 2. The van der Waals surface area contributed by atoms with Crippen LogP contribution in [0.3, 0.4) is 0 Å². The van der Waals surface area contributed by atoms with Gasteiger partial charge < -0.3 is 0 Å². The van der Waals surface area contributed by atoms with Gasteiger partial charge in [0.25, 0.3) is 0 Å². The van der Waals surface area contributed by atoms with Crippen LogP contribution in [0.15, 0.2) is 29.0 Å². The van der Waals surface area contributed by atoms with Crippen LogP contribution in [-0.4, -0.2) is 21.8 Å². The quantitative estimate of drug-likeness (QED) is 0.638. The first kappa shape index (κ1) is 9.84. The number of imidazole rings is 1. The fraction of sp³-hybridized carbons (Fsp3) is 0.273. The third kappa shape index (κ3) is 1.51. The van der Waals surface area contributed by atoms with Gasteiger partial charge in [-0.2, -0.15) is 0 Å². The molecule has 0 unspecified atom stereocenters. The summed E-state index contributed by atoms with van der Waals surface area (Å²) < 4.78 is 2.86. The van der Waals surface area contributed by atoms with Gasteiger partial charge in [-0.25, -0.2) is 4.98 Å². The molecule has 1 saturated carbocycles. The maximum absolute atomic E-state index is 11.0. The smallest absolute Gasteiger partial charge is 0.215 e. The van der Waals surface area contributed by atoms with Gasteiger partial charge in [-0.15, -0.1) is 0 Å². The molecule has 2 aromatic rings. The number of aromatic nitrogens is 2. The lowest BCUT2D eigenvalue weighted by molar-refractivity contribution is -0.107. The topological polar surface area (TPSA) is 37.6 Å². The van der Waals surface area contributed by atoms with E-state index >= 15 is 0 Å². The minimum absolute atomic E-state index is 0.348. The Bertz CT molecular complexity index is 547. The van der Waals surface area contributed by atoms with Crippen molar-refractivity contribution in [2.24, 2.45) is 0 Å². The van der Waals surface area contributed by atoms with Crippen molar-refractivity contribution >= 4 is 33.8 Å². The summed E-state index contributed by atoms with van der Waals surface area (Å²) in [6, 6.07) is 6.14. The summed E-state index contributed by atoms with van der Waals surface area (Å²) in [6.45, 7) is 0. The second kappa shape index (κ2) is 3.59. The average molecular weight is 280 g/mol. The van der Waals surface area contributed by atoms with Gasteiger partial charge in [-0.05, 0) is 40.9 Å². The Balaban J connectivity index is 2.10. The van der Waals surface area contributed by atoms with E-state index < -0.39 is 0 Å². The van der Waals surface area contributed by atoms with Crippen molar-refractivity contribution in [2.45, 2.75) is 18.9 Å². The lowest BCUT2D eigenvalue weighted by Crippen LogP contribution is -2.23. The number of carbonyl (C=O) groups excluding carboxylic acids is 1. The number of amides is 1. The Hall–Kier alpha value is -1.36. The minimum atomic E-state index is 0.348. The number of hydrogen-bond donors (Lipinski definition) is 0. The highest BCUT2D eigenvalue weighted by atomic mass is 79.9. The molecule has 0 spiro atoms. The molecule has 0 radical (unpaired) electrons. The lowest BCUT2D eigenvalue weighted by atomic mass is 10.5. The molecule has 0 aromatic carbocycles. The molecule has 2 heterocycles. The van der Waals surface area contributed by atoms with Gasteiger partial charge in [0, 0.05) is 6.04 Å². The van der Waals surface area contributed by atoms with Gasteiger partial charge in [-0.1, -0.05) is 6.07 Å². The molecule has 0 saturated heterocycles. The molecular formula is C11H10BrN3O. The van der Waals surface area contributed by atoms with Crippen LogP contribution in [0.5, 0.6) is 0 Å². The van der Waals surface area contributed by atoms with Gasteiger partial charge in [0.2, 0.25) is 6.41 Å². The molecule has 0 bridgehead atoms. The van der Waals surface area contributed by atoms with E-state index in [1.165, 1.54) is 0 Å². The molecule has 1 amide bonds. The summed E-state index contributed by atoms with van der Waals surface area (Å²) >= 11 is 3.45. The second-order valence-corrected chi connectivity index (χ2v) is 4.73. The number of nitrogens with zero attached hydrogens (tertiary/aromatic N) is 3. The zero-order chi connectivity index (χ0) is 11.1. The Morgan fingerprint density at radius 1 is 1.50 bits per heavy atom. The Morgan fingerprint density at radius 3 is 2.94 bits per heavy atom. The second-order valence-electron chi connectivity index (χ2n) is 3.92. The monoisotopic (exact) mass is 279 g/mol. The number of fused-ring (bicyclic) bond motifs is 1. The van der Waals surface area contributed by atoms with Crippen LogP contribution in [0.25, 0.3) is 5.65 Å². The molecule has 3 rings (SSSR count). The van der Waals surface area contributed by atoms with E-state index in [4.69, 9.17) is 0 Å². The summed E-state index contributed by atoms with van der Waals surface area (Å²) in [5.41, 5.74) is 0.844. The molecule has 82 valence electrons. The van der Waals surface area contributed by atoms with Crippen molar-refractivity contribution in [1.82, 2.24) is 9.38 Å². The van der Waals surface area contributed by atoms with Crippen molar-refractivity contribution in [3.05, 3.63) is 29.0 Å². The summed E-state index contributed by atoms with van der Waals surface area (Å²) in [5, 5.41) is 0. The summed E-state index contributed by atoms with van der Waals surface area (Å²) in [4.78, 5) is 17.2. The molecular weight excluding hydrogens is 270 g/mol. The van der Waals surface area contributed by atoms with E-state index in [-0.39, 0.29) is 0 Å². The molecule has 4 nitrogen and oxygen atoms in total. The maximum atomic E-state index is 11.0. The number of halogens is 1. The zero-order valence-electron chi connectivity index (χ0n) is 8.51. The summed E-state index contributed by atoms with van der Waals surface area (Å²) in [6.07, 6.45) is 4.90. The highest BCUT2D eigenvalue weighted by Crippen LogP contribution is 2.30. The third-order valence-electron chi connectivity index (χ3n) is 2.75. The molecule has 0 atom stereocenters. The molecule has 1 fully saturated rings. The van der Waals surface area contributed by atoms with Crippen molar-refractivity contribution in [3.63, 3.8) is 0 Å². The Labute approximate surface area is 101 Å². The largest absolute Gasteiger partial charge is 0.295 e. The van der Waals surface area contributed by atoms with Crippen LogP contribution in [0.2, 0.25) is 0 Å². The first-order chi connectivity index (χ1) is 7.79. The number of pyridine rings is 1. The first-order valence-electron chi connectivity index (χ1n) is 5.17. The standard InChI is InChI=1S/C11H10BrN3O/c12-9-2-1-3-10-13-11(6-14(9)10)15(7-16)8-4-5-8/h1-3,6-8H,4-5H2. The predicted octanol–water partition coefficient (Wildman–Crippen LogP) is 2.22. The van der Waals surface area contributed by atoms with Crippen molar-refractivity contribution < 1.29 is 4.79 Å². The van der Waals surface area contributed by atoms with Crippen molar-refractivity contribution in [1.29, 1.82) is 0 Å². The first-order valence-corrected chi connectivity index (χ1v) is 5.96. The van der Waals surface area contributed by atoms with Crippen LogP contribution in [0.4, 0.5) is 5.82 Å². The minimum Gasteiger partial charge on any atom is -0.295 e. The van der Waals surface area contributed by atoms with E-state index in [0.29, 0.717) is 6.04 Å². The van der Waals surface area contributed by atoms with Crippen molar-refractivity contribution in [2.75, 3.05) is 4.90 Å². The summed E-state index contributed by atoms with van der Waals surface area (Å²) in [5.74, 6) is 0.726. The van der Waals surface area contributed by atoms with E-state index in [1.54, 1.807) is 4.90 Å². The number of carbonyl (C=O) groups is 1. The van der Waals surface area contributed by atoms with Crippen LogP contribution in [-0.2, 0) is 4.79 Å². The number of anilines is 1. The Morgan fingerprint density at radius 2 is 2.31 bits per heavy atom. The van der Waals surface area contributed by atoms with Crippen LogP contribution in [0.1, 0.15) is 12.8 Å². The van der Waals surface area contributed by atoms with E-state index in [1.807, 2.05) is 28.8 Å². The molecule has 0 N–H and O–H groups in total. The van der Waals surface area contributed by atoms with E-state index in [2.05, 4.69) is 20.9 Å². The Kier molecular flexibility index (Phi) is 2.21. The van der Waals surface area contributed by atoms with Gasteiger partial charge in [0.1, 0.15) is 5.65 Å². The van der Waals surface area contributed by atoms with Gasteiger partial charge in [0.05, 0.1) is 10.8 Å². The average Bonchev–Trinajstić information content (AvgIpc) is 2.99. The fourth-order valence-corrected chi connectivity index (χ4v) is 2.21. The zero-order valence-corrected chi connectivity index (χ0v) is 10.1. The van der Waals surface area contributed by atoms with Crippen LogP contribution >= 0.6 is 15.9 Å². The molecule has 0 aliphatic heterocycles. The molecule has 1 aliphatic carbocycles. The fourth-order valence-electron chi connectivity index (χ4n) is 1.77. The highest BCUT2D eigenvalue weighted by Gasteiger charge is 2.30. The van der Waals surface area contributed by atoms with Gasteiger partial charge in [-0.3, -0.25) is 14.1 Å². The lowest BCUT2D eigenvalue weighted by Gasteiger charge is -2.11. The molecule has 16 heavy (non-hydrogen) atoms. The predicted molar refractivity (Wildman–Crippen MR) is 64.5 cm³/mol. The SMILES string of the molecule is O=CN(c1cn2c(Br)cccc2n1)C1CC1.